The van der Waals surface area contributed by atoms with Crippen molar-refractivity contribution in [1.82, 2.24) is 15.1 Å². The van der Waals surface area contributed by atoms with Gasteiger partial charge in [0.2, 0.25) is 0 Å². The van der Waals surface area contributed by atoms with Crippen molar-refractivity contribution in [1.29, 1.82) is 0 Å². The summed E-state index contributed by atoms with van der Waals surface area (Å²) in [5.41, 5.74) is 0. The fourth-order valence-electron chi connectivity index (χ4n) is 2.70. The van der Waals surface area contributed by atoms with Crippen LogP contribution in [-0.2, 0) is 9.53 Å². The zero-order valence-electron chi connectivity index (χ0n) is 11.6. The molecular formula is C13H23N3O3. The molecule has 6 nitrogen and oxygen atoms in total. The number of piperidine rings is 1. The second-order valence-electron chi connectivity index (χ2n) is 5.11. The first-order chi connectivity index (χ1) is 9.20. The van der Waals surface area contributed by atoms with Gasteiger partial charge in [-0.3, -0.25) is 4.79 Å². The predicted octanol–water partition coefficient (Wildman–Crippen LogP) is 0.287. The summed E-state index contributed by atoms with van der Waals surface area (Å²) in [5.74, 6) is -0.0766. The van der Waals surface area contributed by atoms with Crippen LogP contribution in [0.1, 0.15) is 19.8 Å². The van der Waals surface area contributed by atoms with Crippen LogP contribution in [0.3, 0.4) is 0 Å². The Kier molecular flexibility index (Phi) is 5.01. The molecule has 2 saturated heterocycles. The van der Waals surface area contributed by atoms with E-state index in [1.165, 1.54) is 0 Å². The Morgan fingerprint density at radius 2 is 2.26 bits per heavy atom. The molecule has 2 amide bonds. The molecule has 2 aliphatic rings. The first-order valence-corrected chi connectivity index (χ1v) is 7.12. The summed E-state index contributed by atoms with van der Waals surface area (Å²) < 4.78 is 5.08. The number of likely N-dealkylation sites (tertiary alicyclic amines) is 1. The van der Waals surface area contributed by atoms with Crippen LogP contribution in [0, 0.1) is 5.92 Å². The lowest BCUT2D eigenvalue weighted by molar-refractivity contribution is -0.149. The summed E-state index contributed by atoms with van der Waals surface area (Å²) in [6.45, 7) is 7.15. The van der Waals surface area contributed by atoms with Crippen LogP contribution < -0.4 is 5.32 Å². The number of hydrogen-bond donors (Lipinski definition) is 1. The van der Waals surface area contributed by atoms with Crippen LogP contribution in [0.25, 0.3) is 0 Å². The van der Waals surface area contributed by atoms with Crippen LogP contribution in [0.15, 0.2) is 0 Å². The molecule has 1 N–H and O–H groups in total. The molecule has 0 aliphatic carbocycles. The van der Waals surface area contributed by atoms with E-state index in [9.17, 15) is 9.59 Å². The van der Waals surface area contributed by atoms with Gasteiger partial charge in [-0.25, -0.2) is 4.79 Å². The number of rotatable bonds is 5. The number of amides is 2. The van der Waals surface area contributed by atoms with Crippen LogP contribution in [0.5, 0.6) is 0 Å². The van der Waals surface area contributed by atoms with Gasteiger partial charge in [-0.05, 0) is 26.3 Å². The molecule has 0 radical (unpaired) electrons. The number of ether oxygens (including phenoxy) is 1. The topological polar surface area (TPSA) is 61.9 Å². The molecule has 2 aliphatic heterocycles. The normalized spacial score (nSPS) is 24.4. The highest BCUT2D eigenvalue weighted by atomic mass is 16.5. The van der Waals surface area contributed by atoms with Crippen molar-refractivity contribution in [2.75, 3.05) is 45.9 Å². The van der Waals surface area contributed by atoms with Crippen LogP contribution in [0.4, 0.5) is 4.79 Å². The zero-order chi connectivity index (χ0) is 13.7. The molecule has 2 heterocycles. The largest absolute Gasteiger partial charge is 0.466 e. The molecule has 0 unspecified atom stereocenters. The number of esters is 1. The van der Waals surface area contributed by atoms with Crippen LogP contribution >= 0.6 is 0 Å². The standard InChI is InChI=1S/C13H23N3O3/c1-2-19-12(17)11-4-3-6-15(10-11)8-9-16-7-5-14-13(16)18/h11H,2-10H2,1H3,(H,14,18)/t11-/m0/s1. The summed E-state index contributed by atoms with van der Waals surface area (Å²) in [5, 5.41) is 2.80. The summed E-state index contributed by atoms with van der Waals surface area (Å²) in [6.07, 6.45) is 1.94. The van der Waals surface area contributed by atoms with Crippen LogP contribution in [0.2, 0.25) is 0 Å². The smallest absolute Gasteiger partial charge is 0.317 e. The average Bonchev–Trinajstić information content (AvgIpc) is 2.82. The fraction of sp³-hybridized carbons (Fsp3) is 0.846. The van der Waals surface area contributed by atoms with Crippen molar-refractivity contribution in [2.45, 2.75) is 19.8 Å². The molecular weight excluding hydrogens is 246 g/mol. The molecule has 2 fully saturated rings. The monoisotopic (exact) mass is 269 g/mol. The molecule has 0 aromatic rings. The van der Waals surface area contributed by atoms with E-state index < -0.39 is 0 Å². The second-order valence-corrected chi connectivity index (χ2v) is 5.11. The van der Waals surface area contributed by atoms with Crippen molar-refractivity contribution in [2.24, 2.45) is 5.92 Å². The Labute approximate surface area is 114 Å². The van der Waals surface area contributed by atoms with E-state index in [0.717, 1.165) is 52.1 Å². The Bertz CT molecular complexity index is 335. The summed E-state index contributed by atoms with van der Waals surface area (Å²) >= 11 is 0. The van der Waals surface area contributed by atoms with Crippen molar-refractivity contribution in [3.8, 4) is 0 Å². The Balaban J connectivity index is 1.74. The molecule has 19 heavy (non-hydrogen) atoms. The highest BCUT2D eigenvalue weighted by Crippen LogP contribution is 2.17. The number of urea groups is 1. The highest BCUT2D eigenvalue weighted by molar-refractivity contribution is 5.76. The molecule has 1 atom stereocenters. The average molecular weight is 269 g/mol. The first-order valence-electron chi connectivity index (χ1n) is 7.12. The van der Waals surface area contributed by atoms with Gasteiger partial charge in [0.25, 0.3) is 0 Å². The number of nitrogens with one attached hydrogen (secondary N) is 1. The second kappa shape index (κ2) is 6.75. The van der Waals surface area contributed by atoms with E-state index in [0.29, 0.717) is 6.61 Å². The third-order valence-corrected chi connectivity index (χ3v) is 3.76. The number of hydrogen-bond acceptors (Lipinski definition) is 4. The van der Waals surface area contributed by atoms with Crippen LogP contribution in [-0.4, -0.2) is 67.7 Å². The number of nitrogens with zero attached hydrogens (tertiary/aromatic N) is 2. The van der Waals surface area contributed by atoms with Crippen molar-refractivity contribution < 1.29 is 14.3 Å². The van der Waals surface area contributed by atoms with Gasteiger partial charge in [-0.1, -0.05) is 0 Å². The molecule has 0 aromatic carbocycles. The number of carbonyl (C=O) groups is 2. The number of carbonyl (C=O) groups excluding carboxylic acids is 2. The van der Waals surface area contributed by atoms with E-state index in [1.54, 1.807) is 0 Å². The summed E-state index contributed by atoms with van der Waals surface area (Å²) in [6, 6.07) is 0.0268. The van der Waals surface area contributed by atoms with Crippen molar-refractivity contribution >= 4 is 12.0 Å². The third-order valence-electron chi connectivity index (χ3n) is 3.76. The van der Waals surface area contributed by atoms with Gasteiger partial charge in [0, 0.05) is 32.7 Å². The van der Waals surface area contributed by atoms with Gasteiger partial charge in [0.15, 0.2) is 0 Å². The Hall–Kier alpha value is -1.30. The molecule has 108 valence electrons. The highest BCUT2D eigenvalue weighted by Gasteiger charge is 2.27. The van der Waals surface area contributed by atoms with Gasteiger partial charge in [0.1, 0.15) is 0 Å². The summed E-state index contributed by atoms with van der Waals surface area (Å²) in [7, 11) is 0. The van der Waals surface area contributed by atoms with Gasteiger partial charge in [-0.15, -0.1) is 0 Å². The minimum Gasteiger partial charge on any atom is -0.466 e. The quantitative estimate of drug-likeness (QED) is 0.729. The molecule has 0 spiro atoms. The van der Waals surface area contributed by atoms with E-state index in [1.807, 2.05) is 11.8 Å². The first kappa shape index (κ1) is 14.1. The maximum absolute atomic E-state index is 11.7. The van der Waals surface area contributed by atoms with Gasteiger partial charge in [-0.2, -0.15) is 0 Å². The van der Waals surface area contributed by atoms with Crippen molar-refractivity contribution in [3.63, 3.8) is 0 Å². The SMILES string of the molecule is CCOC(=O)[C@H]1CCCN(CCN2CCNC2=O)C1. The maximum atomic E-state index is 11.7. The van der Waals surface area contributed by atoms with E-state index >= 15 is 0 Å². The minimum atomic E-state index is -0.0777. The van der Waals surface area contributed by atoms with Gasteiger partial charge < -0.3 is 19.9 Å². The lowest BCUT2D eigenvalue weighted by Crippen LogP contribution is -2.43. The van der Waals surface area contributed by atoms with Gasteiger partial charge >= 0.3 is 12.0 Å². The molecule has 0 aromatic heterocycles. The molecule has 0 saturated carbocycles. The van der Waals surface area contributed by atoms with E-state index in [2.05, 4.69) is 10.2 Å². The molecule has 2 rings (SSSR count). The third kappa shape index (κ3) is 3.83. The van der Waals surface area contributed by atoms with E-state index in [4.69, 9.17) is 4.74 Å². The molecule has 0 bridgehead atoms. The maximum Gasteiger partial charge on any atom is 0.317 e. The Morgan fingerprint density at radius 3 is 2.95 bits per heavy atom. The molecule has 6 heteroatoms. The van der Waals surface area contributed by atoms with Crippen molar-refractivity contribution in [3.05, 3.63) is 0 Å². The lowest BCUT2D eigenvalue weighted by atomic mass is 9.98. The minimum absolute atomic E-state index is 0.00102. The fourth-order valence-corrected chi connectivity index (χ4v) is 2.70. The predicted molar refractivity (Wildman–Crippen MR) is 70.8 cm³/mol. The zero-order valence-corrected chi connectivity index (χ0v) is 11.6. The van der Waals surface area contributed by atoms with E-state index in [-0.39, 0.29) is 17.9 Å². The van der Waals surface area contributed by atoms with Gasteiger partial charge in [0.05, 0.1) is 12.5 Å². The Morgan fingerprint density at radius 1 is 1.42 bits per heavy atom. The summed E-state index contributed by atoms with van der Waals surface area (Å²) in [4.78, 5) is 27.2. The lowest BCUT2D eigenvalue weighted by Gasteiger charge is -2.32.